The van der Waals surface area contributed by atoms with E-state index in [1.54, 1.807) is 0 Å². The Bertz CT molecular complexity index is 476. The molecule has 2 aromatic rings. The molecule has 13 heavy (non-hydrogen) atoms. The lowest BCUT2D eigenvalue weighted by molar-refractivity contribution is 0.0699. The second-order valence-electron chi connectivity index (χ2n) is 2.47. The fourth-order valence-corrected chi connectivity index (χ4v) is 1.15. The zero-order valence-electron chi connectivity index (χ0n) is 6.51. The molecule has 6 heteroatoms. The summed E-state index contributed by atoms with van der Waals surface area (Å²) in [6, 6.07) is 1.43. The summed E-state index contributed by atoms with van der Waals surface area (Å²) in [6.45, 7) is 0. The number of nitrogens with two attached hydrogens (primary N) is 1. The van der Waals surface area contributed by atoms with Gasteiger partial charge in [-0.1, -0.05) is 0 Å². The fourth-order valence-electron chi connectivity index (χ4n) is 1.15. The summed E-state index contributed by atoms with van der Waals surface area (Å²) in [7, 11) is 0. The van der Waals surface area contributed by atoms with Gasteiger partial charge in [-0.2, -0.15) is 5.10 Å². The molecule has 0 aromatic carbocycles. The Kier molecular flexibility index (Phi) is 1.42. The topological polar surface area (TPSA) is 93.5 Å². The Morgan fingerprint density at radius 1 is 1.62 bits per heavy atom. The van der Waals surface area contributed by atoms with E-state index >= 15 is 0 Å². The van der Waals surface area contributed by atoms with Crippen molar-refractivity contribution < 1.29 is 9.90 Å². The number of nitrogen functional groups attached to an aromatic ring is 1. The molecule has 0 spiro atoms. The molecular formula is C7H6N4O2. The molecule has 0 bridgehead atoms. The van der Waals surface area contributed by atoms with E-state index in [1.807, 2.05) is 0 Å². The Labute approximate surface area is 72.6 Å². The Hall–Kier alpha value is -2.11. The summed E-state index contributed by atoms with van der Waals surface area (Å²) in [5.41, 5.74) is 5.94. The van der Waals surface area contributed by atoms with E-state index in [2.05, 4.69) is 10.1 Å². The molecule has 66 valence electrons. The molecule has 0 aliphatic rings. The molecule has 0 aliphatic carbocycles. The van der Waals surface area contributed by atoms with E-state index in [-0.39, 0.29) is 11.4 Å². The fraction of sp³-hybridized carbons (Fsp3) is 0. The minimum absolute atomic E-state index is 0.109. The first-order valence-corrected chi connectivity index (χ1v) is 3.51. The first-order chi connectivity index (χ1) is 6.20. The molecule has 0 atom stereocenters. The van der Waals surface area contributed by atoms with Crippen LogP contribution >= 0.6 is 0 Å². The van der Waals surface area contributed by atoms with Gasteiger partial charge in [-0.25, -0.2) is 14.3 Å². The molecule has 2 aromatic heterocycles. The highest BCUT2D eigenvalue weighted by molar-refractivity contribution is 5.98. The molecule has 0 radical (unpaired) electrons. The van der Waals surface area contributed by atoms with Crippen molar-refractivity contribution in [1.29, 1.82) is 0 Å². The van der Waals surface area contributed by atoms with E-state index in [4.69, 9.17) is 10.8 Å². The Morgan fingerprint density at radius 2 is 2.38 bits per heavy atom. The van der Waals surface area contributed by atoms with Crippen LogP contribution in [0.5, 0.6) is 0 Å². The standard InChI is InChI=1S/C7H6N4O2/c8-6-5-4(7(12)13)1-2-11(5)10-3-9-6/h1-3H,(H,12,13)(H2,8,9,10). The zero-order chi connectivity index (χ0) is 9.42. The van der Waals surface area contributed by atoms with Crippen LogP contribution in [0.1, 0.15) is 10.4 Å². The minimum Gasteiger partial charge on any atom is -0.478 e. The molecule has 2 heterocycles. The van der Waals surface area contributed by atoms with Crippen molar-refractivity contribution in [2.75, 3.05) is 5.73 Å². The maximum absolute atomic E-state index is 10.7. The number of aromatic carboxylic acids is 1. The molecule has 3 N–H and O–H groups in total. The molecular weight excluding hydrogens is 172 g/mol. The summed E-state index contributed by atoms with van der Waals surface area (Å²) in [5, 5.41) is 12.6. The third kappa shape index (κ3) is 0.994. The van der Waals surface area contributed by atoms with E-state index in [0.717, 1.165) is 0 Å². The van der Waals surface area contributed by atoms with Crippen LogP contribution in [0.3, 0.4) is 0 Å². The number of rotatable bonds is 1. The van der Waals surface area contributed by atoms with E-state index in [0.29, 0.717) is 5.52 Å². The molecule has 0 saturated heterocycles. The largest absolute Gasteiger partial charge is 0.478 e. The van der Waals surface area contributed by atoms with Crippen molar-refractivity contribution in [2.24, 2.45) is 0 Å². The van der Waals surface area contributed by atoms with Gasteiger partial charge >= 0.3 is 5.97 Å². The molecule has 2 rings (SSSR count). The first-order valence-electron chi connectivity index (χ1n) is 3.51. The number of carbonyl (C=O) groups is 1. The number of fused-ring (bicyclic) bond motifs is 1. The highest BCUT2D eigenvalue weighted by Crippen LogP contribution is 2.15. The number of hydrogen-bond donors (Lipinski definition) is 2. The average Bonchev–Trinajstić information content (AvgIpc) is 2.49. The third-order valence-corrected chi connectivity index (χ3v) is 1.71. The maximum Gasteiger partial charge on any atom is 0.338 e. The van der Waals surface area contributed by atoms with Gasteiger partial charge in [-0.3, -0.25) is 0 Å². The summed E-state index contributed by atoms with van der Waals surface area (Å²) in [5.74, 6) is -0.874. The molecule has 0 aliphatic heterocycles. The van der Waals surface area contributed by atoms with Gasteiger partial charge < -0.3 is 10.8 Å². The van der Waals surface area contributed by atoms with Crippen LogP contribution in [-0.4, -0.2) is 25.7 Å². The van der Waals surface area contributed by atoms with Crippen molar-refractivity contribution in [3.05, 3.63) is 24.2 Å². The first kappa shape index (κ1) is 7.53. The number of nitrogens with zero attached hydrogens (tertiary/aromatic N) is 3. The van der Waals surface area contributed by atoms with Crippen molar-refractivity contribution in [1.82, 2.24) is 14.6 Å². The number of anilines is 1. The summed E-state index contributed by atoms with van der Waals surface area (Å²) >= 11 is 0. The molecule has 0 fully saturated rings. The van der Waals surface area contributed by atoms with Crippen molar-refractivity contribution in [3.8, 4) is 0 Å². The zero-order valence-corrected chi connectivity index (χ0v) is 6.51. The monoisotopic (exact) mass is 178 g/mol. The highest BCUT2D eigenvalue weighted by atomic mass is 16.4. The molecule has 0 amide bonds. The number of aromatic nitrogens is 3. The smallest absolute Gasteiger partial charge is 0.338 e. The Balaban J connectivity index is 2.86. The second-order valence-corrected chi connectivity index (χ2v) is 2.47. The quantitative estimate of drug-likeness (QED) is 0.641. The Morgan fingerprint density at radius 3 is 3.08 bits per heavy atom. The third-order valence-electron chi connectivity index (χ3n) is 1.71. The summed E-state index contributed by atoms with van der Waals surface area (Å²) < 4.78 is 1.38. The van der Waals surface area contributed by atoms with Crippen molar-refractivity contribution in [2.45, 2.75) is 0 Å². The van der Waals surface area contributed by atoms with Crippen molar-refractivity contribution in [3.63, 3.8) is 0 Å². The molecule has 6 nitrogen and oxygen atoms in total. The van der Waals surface area contributed by atoms with Crippen LogP contribution in [0.25, 0.3) is 5.52 Å². The van der Waals surface area contributed by atoms with Crippen LogP contribution in [0.2, 0.25) is 0 Å². The lowest BCUT2D eigenvalue weighted by Gasteiger charge is -1.97. The lowest BCUT2D eigenvalue weighted by Crippen LogP contribution is -2.02. The average molecular weight is 178 g/mol. The predicted molar refractivity (Wildman–Crippen MR) is 44.4 cm³/mol. The van der Waals surface area contributed by atoms with Gasteiger partial charge in [0.15, 0.2) is 5.82 Å². The van der Waals surface area contributed by atoms with Crippen LogP contribution in [-0.2, 0) is 0 Å². The van der Waals surface area contributed by atoms with E-state index in [9.17, 15) is 4.79 Å². The van der Waals surface area contributed by atoms with Gasteiger partial charge in [0.25, 0.3) is 0 Å². The van der Waals surface area contributed by atoms with Gasteiger partial charge in [0, 0.05) is 6.20 Å². The minimum atomic E-state index is -1.04. The van der Waals surface area contributed by atoms with Gasteiger partial charge in [0.1, 0.15) is 11.8 Å². The molecule has 0 saturated carbocycles. The number of carboxylic acids is 1. The second kappa shape index (κ2) is 2.44. The highest BCUT2D eigenvalue weighted by Gasteiger charge is 2.12. The predicted octanol–water partition coefficient (Wildman–Crippen LogP) is 0.00970. The lowest BCUT2D eigenvalue weighted by atomic mass is 10.3. The SMILES string of the molecule is Nc1ncnn2ccc(C(=O)O)c12. The van der Waals surface area contributed by atoms with Crippen LogP contribution in [0, 0.1) is 0 Å². The van der Waals surface area contributed by atoms with Crippen molar-refractivity contribution >= 4 is 17.3 Å². The van der Waals surface area contributed by atoms with Crippen LogP contribution < -0.4 is 5.73 Å². The summed E-state index contributed by atoms with van der Waals surface area (Å²) in [4.78, 5) is 14.4. The van der Waals surface area contributed by atoms with Gasteiger partial charge in [-0.15, -0.1) is 0 Å². The summed E-state index contributed by atoms with van der Waals surface area (Å²) in [6.07, 6.45) is 2.80. The van der Waals surface area contributed by atoms with Crippen LogP contribution in [0.15, 0.2) is 18.6 Å². The van der Waals surface area contributed by atoms with Crippen LogP contribution in [0.4, 0.5) is 5.82 Å². The number of carboxylic acid groups (broad SMARTS) is 1. The van der Waals surface area contributed by atoms with E-state index < -0.39 is 5.97 Å². The van der Waals surface area contributed by atoms with Gasteiger partial charge in [0.2, 0.25) is 0 Å². The molecule has 0 unspecified atom stereocenters. The van der Waals surface area contributed by atoms with Gasteiger partial charge in [0.05, 0.1) is 5.56 Å². The number of hydrogen-bond acceptors (Lipinski definition) is 4. The normalized spacial score (nSPS) is 10.5. The van der Waals surface area contributed by atoms with Gasteiger partial charge in [-0.05, 0) is 6.07 Å². The maximum atomic E-state index is 10.7. The van der Waals surface area contributed by atoms with E-state index in [1.165, 1.54) is 23.1 Å².